The number of carbonyl (C=O) groups is 1. The first-order valence-corrected chi connectivity index (χ1v) is 9.97. The lowest BCUT2D eigenvalue weighted by Gasteiger charge is -2.27. The maximum absolute atomic E-state index is 12.7. The van der Waals surface area contributed by atoms with Gasteiger partial charge in [-0.3, -0.25) is 4.68 Å². The number of fused-ring (bicyclic) bond motifs is 1. The number of alkyl carbamates (subject to hydrolysis) is 1. The smallest absolute Gasteiger partial charge is 0.419 e. The van der Waals surface area contributed by atoms with Crippen LogP contribution in [0.1, 0.15) is 47.4 Å². The Balaban J connectivity index is 1.58. The Hall–Kier alpha value is -2.89. The maximum Gasteiger partial charge on any atom is 0.419 e. The maximum atomic E-state index is 12.7. The summed E-state index contributed by atoms with van der Waals surface area (Å²) in [6.45, 7) is 5.44. The van der Waals surface area contributed by atoms with Crippen LogP contribution in [0.2, 0.25) is 0 Å². The lowest BCUT2D eigenvalue weighted by atomic mass is 10.2. The predicted octanol–water partition coefficient (Wildman–Crippen LogP) is 3.14. The van der Waals surface area contributed by atoms with Crippen molar-refractivity contribution in [3.8, 4) is 0 Å². The summed E-state index contributed by atoms with van der Waals surface area (Å²) in [6, 6.07) is 0.727. The van der Waals surface area contributed by atoms with Gasteiger partial charge in [0.2, 0.25) is 5.95 Å². The topological polar surface area (TPSA) is 94.4 Å². The van der Waals surface area contributed by atoms with Crippen molar-refractivity contribution in [2.45, 2.75) is 65.2 Å². The molecule has 0 aromatic carbocycles. The molecule has 32 heavy (non-hydrogen) atoms. The van der Waals surface area contributed by atoms with Crippen LogP contribution in [-0.2, 0) is 35.3 Å². The van der Waals surface area contributed by atoms with E-state index in [1.54, 1.807) is 36.4 Å². The average Bonchev–Trinajstić information content (AvgIpc) is 3.12. The summed E-state index contributed by atoms with van der Waals surface area (Å²) in [5.41, 5.74) is -0.402. The SMILES string of the molecule is [2H]C([2H])(OCc1cc2n(n1)CCN(c1ncc(C(F)(F)F)cn1)C2)[C@H](C)NC(=O)OC(C)(C)C. The Morgan fingerprint density at radius 2 is 1.97 bits per heavy atom. The van der Waals surface area contributed by atoms with E-state index in [1.807, 2.05) is 0 Å². The van der Waals surface area contributed by atoms with E-state index in [1.165, 1.54) is 6.92 Å². The molecule has 0 radical (unpaired) electrons. The lowest BCUT2D eigenvalue weighted by molar-refractivity contribution is -0.138. The number of carbonyl (C=O) groups excluding carboxylic acids is 1. The van der Waals surface area contributed by atoms with Crippen LogP contribution in [0.4, 0.5) is 23.9 Å². The van der Waals surface area contributed by atoms with Crippen molar-refractivity contribution in [1.29, 1.82) is 0 Å². The monoisotopic (exact) mass is 458 g/mol. The number of amides is 1. The normalized spacial score (nSPS) is 16.7. The minimum atomic E-state index is -4.50. The van der Waals surface area contributed by atoms with Crippen molar-refractivity contribution in [3.63, 3.8) is 0 Å². The van der Waals surface area contributed by atoms with E-state index < -0.39 is 36.0 Å². The van der Waals surface area contributed by atoms with Crippen LogP contribution in [0.25, 0.3) is 0 Å². The Morgan fingerprint density at radius 3 is 2.59 bits per heavy atom. The molecule has 2 aromatic rings. The first-order chi connectivity index (χ1) is 15.6. The zero-order valence-corrected chi connectivity index (χ0v) is 18.2. The highest BCUT2D eigenvalue weighted by molar-refractivity contribution is 5.68. The average molecular weight is 458 g/mol. The number of aromatic nitrogens is 4. The number of anilines is 1. The van der Waals surface area contributed by atoms with E-state index >= 15 is 0 Å². The molecule has 0 bridgehead atoms. The second-order valence-electron chi connectivity index (χ2n) is 8.32. The highest BCUT2D eigenvalue weighted by Crippen LogP contribution is 2.28. The molecule has 9 nitrogen and oxygen atoms in total. The van der Waals surface area contributed by atoms with Crippen molar-refractivity contribution in [2.75, 3.05) is 18.0 Å². The number of halogens is 3. The van der Waals surface area contributed by atoms with E-state index in [9.17, 15) is 18.0 Å². The molecule has 0 saturated heterocycles. The van der Waals surface area contributed by atoms with Gasteiger partial charge in [-0.1, -0.05) is 0 Å². The predicted molar refractivity (Wildman–Crippen MR) is 109 cm³/mol. The minimum absolute atomic E-state index is 0.149. The van der Waals surface area contributed by atoms with Gasteiger partial charge in [0, 0.05) is 18.9 Å². The highest BCUT2D eigenvalue weighted by atomic mass is 19.4. The van der Waals surface area contributed by atoms with Gasteiger partial charge in [-0.05, 0) is 33.8 Å². The molecule has 1 atom stereocenters. The summed E-state index contributed by atoms with van der Waals surface area (Å²) < 4.78 is 66.6. The van der Waals surface area contributed by atoms with Gasteiger partial charge in [0.05, 0.1) is 52.0 Å². The Morgan fingerprint density at radius 1 is 1.28 bits per heavy atom. The molecule has 3 heterocycles. The number of alkyl halides is 3. The van der Waals surface area contributed by atoms with Gasteiger partial charge in [-0.2, -0.15) is 18.3 Å². The van der Waals surface area contributed by atoms with Crippen LogP contribution in [0, 0.1) is 0 Å². The molecule has 0 saturated carbocycles. The van der Waals surface area contributed by atoms with Crippen LogP contribution < -0.4 is 10.2 Å². The number of ether oxygens (including phenoxy) is 2. The van der Waals surface area contributed by atoms with E-state index in [4.69, 9.17) is 12.2 Å². The summed E-state index contributed by atoms with van der Waals surface area (Å²) in [4.78, 5) is 21.3. The van der Waals surface area contributed by atoms with Gasteiger partial charge in [-0.25, -0.2) is 14.8 Å². The molecule has 3 rings (SSSR count). The molecule has 0 unspecified atom stereocenters. The fourth-order valence-electron chi connectivity index (χ4n) is 2.95. The molecule has 176 valence electrons. The highest BCUT2D eigenvalue weighted by Gasteiger charge is 2.32. The van der Waals surface area contributed by atoms with Gasteiger partial charge in [0.1, 0.15) is 5.60 Å². The summed E-state index contributed by atoms with van der Waals surface area (Å²) in [7, 11) is 0. The summed E-state index contributed by atoms with van der Waals surface area (Å²) in [5.74, 6) is 0.177. The first kappa shape index (κ1) is 21.0. The van der Waals surface area contributed by atoms with E-state index in [2.05, 4.69) is 20.4 Å². The van der Waals surface area contributed by atoms with Crippen molar-refractivity contribution >= 4 is 12.0 Å². The molecule has 2 aromatic heterocycles. The van der Waals surface area contributed by atoms with Crippen LogP contribution >= 0.6 is 0 Å². The number of nitrogens with zero attached hydrogens (tertiary/aromatic N) is 5. The summed E-state index contributed by atoms with van der Waals surface area (Å²) >= 11 is 0. The zero-order chi connectivity index (χ0) is 25.3. The van der Waals surface area contributed by atoms with Gasteiger partial charge >= 0.3 is 12.3 Å². The van der Waals surface area contributed by atoms with Crippen molar-refractivity contribution in [1.82, 2.24) is 25.1 Å². The Bertz CT molecular complexity index is 1010. The quantitative estimate of drug-likeness (QED) is 0.711. The molecular weight excluding hydrogens is 429 g/mol. The number of hydrogen-bond donors (Lipinski definition) is 1. The molecule has 1 N–H and O–H groups in total. The van der Waals surface area contributed by atoms with E-state index in [0.29, 0.717) is 25.3 Å². The largest absolute Gasteiger partial charge is 0.444 e. The first-order valence-electron chi connectivity index (χ1n) is 11.0. The standard InChI is InChI=1S/C20H27F3N6O3/c1-13(26-18(30)32-19(2,3)4)11-31-12-15-7-16-10-28(5-6-29(16)27-15)17-24-8-14(9-25-17)20(21,22)23/h7-9,13H,5-6,10-12H2,1-4H3,(H,26,30)/t13-/m0/s1/i11D2. The third-order valence-corrected chi connectivity index (χ3v) is 4.31. The number of hydrogen-bond acceptors (Lipinski definition) is 7. The molecule has 1 amide bonds. The van der Waals surface area contributed by atoms with Crippen LogP contribution in [0.15, 0.2) is 18.5 Å². The second-order valence-corrected chi connectivity index (χ2v) is 8.32. The molecule has 12 heteroatoms. The molecule has 1 aliphatic rings. The fraction of sp³-hybridized carbons (Fsp3) is 0.600. The van der Waals surface area contributed by atoms with Crippen LogP contribution in [0.3, 0.4) is 0 Å². The summed E-state index contributed by atoms with van der Waals surface area (Å²) in [6.07, 6.45) is -3.75. The van der Waals surface area contributed by atoms with E-state index in [0.717, 1.165) is 18.1 Å². The molecular formula is C20H27F3N6O3. The van der Waals surface area contributed by atoms with Gasteiger partial charge in [-0.15, -0.1) is 0 Å². The molecule has 0 aliphatic carbocycles. The fourth-order valence-corrected chi connectivity index (χ4v) is 2.95. The number of rotatable bonds is 6. The second kappa shape index (κ2) is 9.31. The molecule has 0 fully saturated rings. The molecule has 1 aliphatic heterocycles. The summed E-state index contributed by atoms with van der Waals surface area (Å²) in [5, 5.41) is 6.82. The Labute approximate surface area is 186 Å². The third kappa shape index (κ3) is 6.55. The van der Waals surface area contributed by atoms with E-state index in [-0.39, 0.29) is 12.6 Å². The zero-order valence-electron chi connectivity index (χ0n) is 20.2. The van der Waals surface area contributed by atoms with Gasteiger partial charge in [0.15, 0.2) is 0 Å². The minimum Gasteiger partial charge on any atom is -0.444 e. The Kier molecular flexibility index (Phi) is 6.10. The van der Waals surface area contributed by atoms with Crippen LogP contribution in [0.5, 0.6) is 0 Å². The van der Waals surface area contributed by atoms with Crippen molar-refractivity contribution in [2.24, 2.45) is 0 Å². The number of nitrogens with one attached hydrogen (secondary N) is 1. The van der Waals surface area contributed by atoms with Crippen molar-refractivity contribution < 1.29 is 30.2 Å². The van der Waals surface area contributed by atoms with Crippen molar-refractivity contribution in [3.05, 3.63) is 35.4 Å². The third-order valence-electron chi connectivity index (χ3n) is 4.31. The molecule has 0 spiro atoms. The lowest BCUT2D eigenvalue weighted by Crippen LogP contribution is -2.39. The van der Waals surface area contributed by atoms with Gasteiger partial charge in [0.25, 0.3) is 0 Å². The van der Waals surface area contributed by atoms with Crippen LogP contribution in [-0.4, -0.2) is 50.6 Å². The van der Waals surface area contributed by atoms with Gasteiger partial charge < -0.3 is 19.7 Å².